The number of hydrogen-bond acceptors (Lipinski definition) is 5. The van der Waals surface area contributed by atoms with E-state index in [0.717, 1.165) is 5.22 Å². The van der Waals surface area contributed by atoms with Crippen molar-refractivity contribution in [1.29, 1.82) is 5.41 Å². The highest BCUT2D eigenvalue weighted by molar-refractivity contribution is 6.30. The normalized spacial score (nSPS) is 13.9. The zero-order valence-electron chi connectivity index (χ0n) is 16.0. The number of hydrogen-bond donors (Lipinski definition) is 4. The van der Waals surface area contributed by atoms with Crippen LogP contribution < -0.4 is 21.2 Å². The Labute approximate surface area is 172 Å². The molecular formula is C21H22ClFN4O2. The molecule has 0 radical (unpaired) electrons. The molecule has 1 aromatic carbocycles. The molecule has 1 amide bonds. The van der Waals surface area contributed by atoms with Crippen LogP contribution in [0.25, 0.3) is 12.2 Å². The summed E-state index contributed by atoms with van der Waals surface area (Å²) in [5.41, 5.74) is 1.27. The van der Waals surface area contributed by atoms with E-state index < -0.39 is 24.4 Å². The highest BCUT2D eigenvalue weighted by atomic mass is 35.5. The molecule has 1 aromatic heterocycles. The number of rotatable bonds is 7. The molecule has 0 fully saturated rings. The summed E-state index contributed by atoms with van der Waals surface area (Å²) in [6.07, 6.45) is 6.33. The highest BCUT2D eigenvalue weighted by Gasteiger charge is 2.17. The Kier molecular flexibility index (Phi) is 8.06. The van der Waals surface area contributed by atoms with Gasteiger partial charge in [-0.1, -0.05) is 29.8 Å². The summed E-state index contributed by atoms with van der Waals surface area (Å²) in [4.78, 5) is 17.0. The van der Waals surface area contributed by atoms with E-state index >= 15 is 0 Å². The van der Waals surface area contributed by atoms with Gasteiger partial charge < -0.3 is 21.1 Å². The van der Waals surface area contributed by atoms with Gasteiger partial charge in [0.15, 0.2) is 0 Å². The molecule has 152 valence electrons. The second-order valence-corrected chi connectivity index (χ2v) is 6.43. The zero-order chi connectivity index (χ0) is 21.4. The molecule has 2 aromatic rings. The fourth-order valence-electron chi connectivity index (χ4n) is 2.62. The fraction of sp³-hybridized carbons (Fsp3) is 0.190. The summed E-state index contributed by atoms with van der Waals surface area (Å²) in [5.74, 6) is -1.13. The zero-order valence-corrected chi connectivity index (χ0v) is 16.8. The molecule has 2 rings (SSSR count). The lowest BCUT2D eigenvalue weighted by atomic mass is 10.1. The number of allylic oxidation sites excluding steroid dienone is 2. The van der Waals surface area contributed by atoms with Crippen molar-refractivity contribution in [3.05, 3.63) is 74.8 Å². The van der Waals surface area contributed by atoms with Crippen LogP contribution in [0.4, 0.5) is 4.39 Å². The first-order chi connectivity index (χ1) is 13.9. The number of carbonyl (C=O) groups is 1. The largest absolute Gasteiger partial charge is 0.394 e. The third-order valence-electron chi connectivity index (χ3n) is 4.16. The van der Waals surface area contributed by atoms with Crippen molar-refractivity contribution in [3.8, 4) is 0 Å². The lowest BCUT2D eigenvalue weighted by Gasteiger charge is -2.17. The Bertz CT molecular complexity index is 1050. The van der Waals surface area contributed by atoms with E-state index in [0.29, 0.717) is 16.6 Å². The number of aromatic nitrogens is 1. The van der Waals surface area contributed by atoms with Crippen molar-refractivity contribution in [1.82, 2.24) is 15.6 Å². The molecule has 0 saturated carbocycles. The molecule has 4 N–H and O–H groups in total. The van der Waals surface area contributed by atoms with E-state index in [-0.39, 0.29) is 10.7 Å². The predicted octanol–water partition coefficient (Wildman–Crippen LogP) is 1.67. The van der Waals surface area contributed by atoms with Crippen LogP contribution in [0, 0.1) is 11.2 Å². The van der Waals surface area contributed by atoms with Gasteiger partial charge in [-0.15, -0.1) is 0 Å². The van der Waals surface area contributed by atoms with E-state index in [2.05, 4.69) is 15.6 Å². The minimum absolute atomic E-state index is 0.0357. The van der Waals surface area contributed by atoms with Crippen molar-refractivity contribution in [2.75, 3.05) is 13.7 Å². The molecular weight excluding hydrogens is 395 g/mol. The van der Waals surface area contributed by atoms with Crippen LogP contribution >= 0.6 is 11.6 Å². The maximum atomic E-state index is 13.7. The van der Waals surface area contributed by atoms with Crippen LogP contribution in [-0.4, -0.2) is 35.9 Å². The van der Waals surface area contributed by atoms with Crippen LogP contribution in [0.1, 0.15) is 29.0 Å². The molecule has 0 aliphatic carbocycles. The van der Waals surface area contributed by atoms with Gasteiger partial charge in [0.25, 0.3) is 5.91 Å². The molecule has 0 spiro atoms. The molecule has 0 unspecified atom stereocenters. The second kappa shape index (κ2) is 10.5. The molecule has 0 saturated heterocycles. The number of aliphatic hydroxyl groups excluding tert-OH is 1. The lowest BCUT2D eigenvalue weighted by molar-refractivity contribution is 0.0910. The van der Waals surface area contributed by atoms with Crippen molar-refractivity contribution >= 4 is 35.9 Å². The highest BCUT2D eigenvalue weighted by Crippen LogP contribution is 2.20. The number of amides is 1. The van der Waals surface area contributed by atoms with Gasteiger partial charge in [-0.05, 0) is 42.8 Å². The molecule has 1 atom stereocenters. The Morgan fingerprint density at radius 1 is 1.38 bits per heavy atom. The SMILES string of the molecule is C/C=c1/nc(C(=O)N[C@H](CO)c2ccc(Cl)c(F)c2)ccc1=CC(=CC=N)NC. The van der Waals surface area contributed by atoms with E-state index in [1.807, 2.05) is 6.08 Å². The van der Waals surface area contributed by atoms with Crippen LogP contribution in [0.3, 0.4) is 0 Å². The maximum Gasteiger partial charge on any atom is 0.270 e. The second-order valence-electron chi connectivity index (χ2n) is 6.02. The number of nitrogens with zero attached hydrogens (tertiary/aromatic N) is 1. The molecule has 1 heterocycles. The lowest BCUT2D eigenvalue weighted by Crippen LogP contribution is -2.35. The molecule has 0 aliphatic heterocycles. The van der Waals surface area contributed by atoms with Crippen molar-refractivity contribution in [2.24, 2.45) is 0 Å². The minimum atomic E-state index is -0.803. The number of carbonyl (C=O) groups excluding carboxylic acids is 1. The monoisotopic (exact) mass is 416 g/mol. The number of pyridine rings is 1. The molecule has 0 bridgehead atoms. The Hall–Kier alpha value is -3.03. The first-order valence-electron chi connectivity index (χ1n) is 8.83. The van der Waals surface area contributed by atoms with Crippen molar-refractivity contribution < 1.29 is 14.3 Å². The van der Waals surface area contributed by atoms with Crippen LogP contribution in [-0.2, 0) is 0 Å². The molecule has 29 heavy (non-hydrogen) atoms. The third-order valence-corrected chi connectivity index (χ3v) is 4.47. The number of aliphatic hydroxyl groups is 1. The molecule has 0 aliphatic rings. The fourth-order valence-corrected chi connectivity index (χ4v) is 2.74. The number of benzene rings is 1. The summed E-state index contributed by atoms with van der Waals surface area (Å²) >= 11 is 5.68. The van der Waals surface area contributed by atoms with E-state index in [1.54, 1.807) is 38.3 Å². The van der Waals surface area contributed by atoms with Crippen LogP contribution in [0.2, 0.25) is 5.02 Å². The summed E-state index contributed by atoms with van der Waals surface area (Å²) in [6, 6.07) is 6.58. The van der Waals surface area contributed by atoms with Crippen LogP contribution in [0.5, 0.6) is 0 Å². The van der Waals surface area contributed by atoms with Gasteiger partial charge in [0.05, 0.1) is 23.0 Å². The van der Waals surface area contributed by atoms with Gasteiger partial charge in [0.1, 0.15) is 11.5 Å². The number of nitrogens with one attached hydrogen (secondary N) is 3. The minimum Gasteiger partial charge on any atom is -0.394 e. The Morgan fingerprint density at radius 2 is 2.14 bits per heavy atom. The molecule has 6 nitrogen and oxygen atoms in total. The number of halogens is 2. The average Bonchev–Trinajstić information content (AvgIpc) is 2.73. The summed E-state index contributed by atoms with van der Waals surface area (Å²) in [6.45, 7) is 1.39. The van der Waals surface area contributed by atoms with E-state index in [4.69, 9.17) is 17.0 Å². The first kappa shape index (κ1) is 22.3. The van der Waals surface area contributed by atoms with E-state index in [9.17, 15) is 14.3 Å². The predicted molar refractivity (Wildman–Crippen MR) is 113 cm³/mol. The van der Waals surface area contributed by atoms with Gasteiger partial charge in [-0.3, -0.25) is 4.79 Å². The average molecular weight is 417 g/mol. The van der Waals surface area contributed by atoms with Gasteiger partial charge in [0, 0.05) is 24.2 Å². The Morgan fingerprint density at radius 3 is 2.72 bits per heavy atom. The standard InChI is InChI=1S/C21H22ClFN4O2/c1-3-18-13(10-15(25-2)8-9-24)5-7-19(26-18)21(29)27-20(12-28)14-4-6-16(22)17(23)11-14/h3-11,20,24-25,28H,12H2,1-2H3,(H,27,29)/b13-10?,15-8?,18-3+,24-9?/t20-/m1/s1. The first-order valence-corrected chi connectivity index (χ1v) is 9.21. The van der Waals surface area contributed by atoms with Gasteiger partial charge in [-0.25, -0.2) is 9.37 Å². The van der Waals surface area contributed by atoms with Gasteiger partial charge in [0.2, 0.25) is 0 Å². The summed E-state index contributed by atoms with van der Waals surface area (Å²) in [7, 11) is 1.74. The van der Waals surface area contributed by atoms with Crippen molar-refractivity contribution in [3.63, 3.8) is 0 Å². The maximum absolute atomic E-state index is 13.7. The van der Waals surface area contributed by atoms with Gasteiger partial charge in [-0.2, -0.15) is 0 Å². The topological polar surface area (TPSA) is 98.1 Å². The smallest absolute Gasteiger partial charge is 0.270 e. The van der Waals surface area contributed by atoms with Crippen LogP contribution in [0.15, 0.2) is 42.1 Å². The summed E-state index contributed by atoms with van der Waals surface area (Å²) in [5, 5.41) is 23.7. The van der Waals surface area contributed by atoms with E-state index in [1.165, 1.54) is 24.4 Å². The Balaban J connectivity index is 2.33. The third kappa shape index (κ3) is 5.73. The quantitative estimate of drug-likeness (QED) is 0.516. The van der Waals surface area contributed by atoms with Crippen molar-refractivity contribution in [2.45, 2.75) is 13.0 Å². The molecule has 8 heteroatoms. The summed E-state index contributed by atoms with van der Waals surface area (Å²) < 4.78 is 13.7. The van der Waals surface area contributed by atoms with Gasteiger partial charge >= 0.3 is 0 Å².